The van der Waals surface area contributed by atoms with Gasteiger partial charge in [0.1, 0.15) is 0 Å². The maximum Gasteiger partial charge on any atom is 0.0408 e. The minimum atomic E-state index is 0.730. The molecule has 1 atom stereocenters. The molecule has 2 rings (SSSR count). The van der Waals surface area contributed by atoms with Crippen molar-refractivity contribution in [3.05, 3.63) is 34.9 Å². The summed E-state index contributed by atoms with van der Waals surface area (Å²) >= 11 is 6.09. The van der Waals surface area contributed by atoms with Crippen LogP contribution in [0.3, 0.4) is 0 Å². The Morgan fingerprint density at radius 2 is 2.05 bits per heavy atom. The second-order valence-electron chi connectivity index (χ2n) is 6.34. The Morgan fingerprint density at radius 3 is 2.63 bits per heavy atom. The lowest BCUT2D eigenvalue weighted by Crippen LogP contribution is -2.34. The second kappa shape index (κ2) is 7.31. The van der Waals surface area contributed by atoms with Crippen LogP contribution in [0.2, 0.25) is 5.02 Å². The minimum absolute atomic E-state index is 0.730. The van der Waals surface area contributed by atoms with Gasteiger partial charge in [-0.15, -0.1) is 0 Å². The van der Waals surface area contributed by atoms with Gasteiger partial charge in [-0.1, -0.05) is 56.8 Å². The lowest BCUT2D eigenvalue weighted by Gasteiger charge is -2.34. The van der Waals surface area contributed by atoms with Crippen LogP contribution in [0.1, 0.15) is 38.7 Å². The van der Waals surface area contributed by atoms with Gasteiger partial charge in [0, 0.05) is 5.02 Å². The first kappa shape index (κ1) is 14.9. The molecule has 0 radical (unpaired) electrons. The summed E-state index contributed by atoms with van der Waals surface area (Å²) in [7, 11) is 0. The molecule has 1 unspecified atom stereocenters. The lowest BCUT2D eigenvalue weighted by atomic mass is 9.73. The Balaban J connectivity index is 1.89. The molecule has 1 aromatic rings. The molecule has 0 amide bonds. The highest BCUT2D eigenvalue weighted by molar-refractivity contribution is 6.30. The molecule has 2 heteroatoms. The summed E-state index contributed by atoms with van der Waals surface area (Å²) in [4.78, 5) is 0. The molecule has 1 aliphatic rings. The van der Waals surface area contributed by atoms with E-state index in [4.69, 9.17) is 11.6 Å². The predicted molar refractivity (Wildman–Crippen MR) is 83.7 cm³/mol. The van der Waals surface area contributed by atoms with Crippen LogP contribution < -0.4 is 5.32 Å². The van der Waals surface area contributed by atoms with Gasteiger partial charge < -0.3 is 5.32 Å². The molecule has 0 bridgehead atoms. The molecule has 1 aromatic carbocycles. The Kier molecular flexibility index (Phi) is 5.72. The summed E-state index contributed by atoms with van der Waals surface area (Å²) in [6.45, 7) is 6.80. The minimum Gasteiger partial charge on any atom is -0.316 e. The van der Waals surface area contributed by atoms with E-state index in [1.54, 1.807) is 0 Å². The maximum absolute atomic E-state index is 6.09. The van der Waals surface area contributed by atoms with Crippen molar-refractivity contribution in [1.82, 2.24) is 5.32 Å². The van der Waals surface area contributed by atoms with E-state index >= 15 is 0 Å². The highest BCUT2D eigenvalue weighted by Crippen LogP contribution is 2.35. The van der Waals surface area contributed by atoms with Crippen molar-refractivity contribution >= 4 is 11.6 Å². The molecule has 106 valence electrons. The van der Waals surface area contributed by atoms with E-state index in [0.717, 1.165) is 42.3 Å². The Labute approximate surface area is 122 Å². The number of rotatable bonds is 7. The first-order valence-corrected chi connectivity index (χ1v) is 7.98. The fraction of sp³-hybridized carbons (Fsp3) is 0.647. The molecule has 1 aliphatic carbocycles. The summed E-state index contributed by atoms with van der Waals surface area (Å²) in [5.74, 6) is 2.41. The molecule has 0 heterocycles. The number of benzene rings is 1. The molecule has 0 aromatic heterocycles. The lowest BCUT2D eigenvalue weighted by molar-refractivity contribution is 0.198. The zero-order chi connectivity index (χ0) is 13.7. The molecule has 0 saturated heterocycles. The zero-order valence-corrected chi connectivity index (χ0v) is 12.9. The van der Waals surface area contributed by atoms with Gasteiger partial charge in [0.25, 0.3) is 0 Å². The standard InChI is InChI=1S/C17H26ClN/c1-13(2)11-19-12-16(15-6-4-7-15)9-14-5-3-8-17(18)10-14/h3,5,8,10,13,15-16,19H,4,6-7,9,11-12H2,1-2H3. The zero-order valence-electron chi connectivity index (χ0n) is 12.2. The largest absolute Gasteiger partial charge is 0.316 e. The van der Waals surface area contributed by atoms with Crippen molar-refractivity contribution < 1.29 is 0 Å². The van der Waals surface area contributed by atoms with Crippen LogP contribution in [-0.4, -0.2) is 13.1 Å². The normalized spacial score (nSPS) is 17.5. The van der Waals surface area contributed by atoms with Crippen LogP contribution in [0.5, 0.6) is 0 Å². The summed E-state index contributed by atoms with van der Waals surface area (Å²) in [6.07, 6.45) is 5.40. The molecular weight excluding hydrogens is 254 g/mol. The van der Waals surface area contributed by atoms with Gasteiger partial charge in [0.15, 0.2) is 0 Å². The summed E-state index contributed by atoms with van der Waals surface area (Å²) in [5.41, 5.74) is 1.38. The predicted octanol–water partition coefficient (Wildman–Crippen LogP) is 4.54. The summed E-state index contributed by atoms with van der Waals surface area (Å²) in [6, 6.07) is 8.35. The SMILES string of the molecule is CC(C)CNCC(Cc1cccc(Cl)c1)C1CCC1. The van der Waals surface area contributed by atoms with Crippen molar-refractivity contribution in [3.8, 4) is 0 Å². The van der Waals surface area contributed by atoms with E-state index in [9.17, 15) is 0 Å². The van der Waals surface area contributed by atoms with Gasteiger partial charge in [0.2, 0.25) is 0 Å². The molecular formula is C17H26ClN. The third-order valence-corrected chi connectivity index (χ3v) is 4.40. The smallest absolute Gasteiger partial charge is 0.0408 e. The van der Waals surface area contributed by atoms with Gasteiger partial charge in [-0.2, -0.15) is 0 Å². The Bertz CT molecular complexity index is 385. The van der Waals surface area contributed by atoms with Crippen molar-refractivity contribution in [2.45, 2.75) is 39.5 Å². The number of hydrogen-bond donors (Lipinski definition) is 1. The maximum atomic E-state index is 6.09. The van der Waals surface area contributed by atoms with E-state index in [1.165, 1.54) is 24.8 Å². The third-order valence-electron chi connectivity index (χ3n) is 4.16. The van der Waals surface area contributed by atoms with Crippen LogP contribution in [-0.2, 0) is 6.42 Å². The highest BCUT2D eigenvalue weighted by Gasteiger charge is 2.27. The Hall–Kier alpha value is -0.530. The van der Waals surface area contributed by atoms with Crippen molar-refractivity contribution in [2.75, 3.05) is 13.1 Å². The Morgan fingerprint density at radius 1 is 1.26 bits per heavy atom. The molecule has 1 fully saturated rings. The van der Waals surface area contributed by atoms with E-state index < -0.39 is 0 Å². The van der Waals surface area contributed by atoms with E-state index in [1.807, 2.05) is 6.07 Å². The monoisotopic (exact) mass is 279 g/mol. The van der Waals surface area contributed by atoms with E-state index in [2.05, 4.69) is 37.4 Å². The average Bonchev–Trinajstić information content (AvgIpc) is 2.25. The number of nitrogens with one attached hydrogen (secondary N) is 1. The number of halogens is 1. The number of hydrogen-bond acceptors (Lipinski definition) is 1. The van der Waals surface area contributed by atoms with Crippen LogP contribution in [0.4, 0.5) is 0 Å². The second-order valence-corrected chi connectivity index (χ2v) is 6.77. The molecule has 0 aliphatic heterocycles. The first-order chi connectivity index (χ1) is 9.15. The first-order valence-electron chi connectivity index (χ1n) is 7.60. The molecule has 19 heavy (non-hydrogen) atoms. The van der Waals surface area contributed by atoms with Crippen LogP contribution in [0.25, 0.3) is 0 Å². The van der Waals surface area contributed by atoms with Crippen LogP contribution >= 0.6 is 11.6 Å². The topological polar surface area (TPSA) is 12.0 Å². The fourth-order valence-corrected chi connectivity index (χ4v) is 3.05. The molecule has 1 nitrogen and oxygen atoms in total. The van der Waals surface area contributed by atoms with Crippen molar-refractivity contribution in [1.29, 1.82) is 0 Å². The van der Waals surface area contributed by atoms with E-state index in [0.29, 0.717) is 0 Å². The van der Waals surface area contributed by atoms with Gasteiger partial charge in [-0.3, -0.25) is 0 Å². The van der Waals surface area contributed by atoms with Gasteiger partial charge in [-0.25, -0.2) is 0 Å². The van der Waals surface area contributed by atoms with Gasteiger partial charge >= 0.3 is 0 Å². The third kappa shape index (κ3) is 4.81. The van der Waals surface area contributed by atoms with Gasteiger partial charge in [0.05, 0.1) is 0 Å². The van der Waals surface area contributed by atoms with Crippen LogP contribution in [0, 0.1) is 17.8 Å². The average molecular weight is 280 g/mol. The fourth-order valence-electron chi connectivity index (χ4n) is 2.84. The molecule has 0 spiro atoms. The van der Waals surface area contributed by atoms with Crippen LogP contribution in [0.15, 0.2) is 24.3 Å². The van der Waals surface area contributed by atoms with Crippen molar-refractivity contribution in [2.24, 2.45) is 17.8 Å². The summed E-state index contributed by atoms with van der Waals surface area (Å²) in [5, 5.41) is 4.50. The van der Waals surface area contributed by atoms with E-state index in [-0.39, 0.29) is 0 Å². The molecule has 1 N–H and O–H groups in total. The van der Waals surface area contributed by atoms with Gasteiger partial charge in [-0.05, 0) is 55.0 Å². The highest BCUT2D eigenvalue weighted by atomic mass is 35.5. The summed E-state index contributed by atoms with van der Waals surface area (Å²) < 4.78 is 0. The molecule has 1 saturated carbocycles. The quantitative estimate of drug-likeness (QED) is 0.772. The van der Waals surface area contributed by atoms with Crippen molar-refractivity contribution in [3.63, 3.8) is 0 Å².